The minimum Gasteiger partial charge on any atom is -0.317 e. The molecule has 0 aliphatic carbocycles. The third kappa shape index (κ3) is 9.90. The molecule has 0 amide bonds. The Hall–Kier alpha value is -3.24. The Morgan fingerprint density at radius 3 is 1.21 bits per heavy atom. The highest BCUT2D eigenvalue weighted by Crippen LogP contribution is 2.15. The van der Waals surface area contributed by atoms with E-state index in [1.165, 1.54) is 46.2 Å². The van der Waals surface area contributed by atoms with Gasteiger partial charge in [-0.3, -0.25) is 0 Å². The van der Waals surface area contributed by atoms with Gasteiger partial charge in [0.05, 0.1) is 0 Å². The lowest BCUT2D eigenvalue weighted by Gasteiger charge is -2.12. The Morgan fingerprint density at radius 2 is 0.711 bits per heavy atom. The first kappa shape index (κ1) is 27.8. The Labute approximate surface area is 229 Å². The van der Waals surface area contributed by atoms with E-state index in [9.17, 15) is 0 Å². The smallest absolute Gasteiger partial charge is 0.0208 e. The van der Waals surface area contributed by atoms with Gasteiger partial charge in [0, 0.05) is 13.1 Å². The molecule has 0 unspecified atom stereocenters. The van der Waals surface area contributed by atoms with Crippen LogP contribution in [0.5, 0.6) is 0 Å². The van der Waals surface area contributed by atoms with E-state index in [1.54, 1.807) is 0 Å². The van der Waals surface area contributed by atoms with Crippen molar-refractivity contribution >= 4 is 0 Å². The summed E-state index contributed by atoms with van der Waals surface area (Å²) in [6.45, 7) is 6.13. The lowest BCUT2D eigenvalue weighted by Crippen LogP contribution is -2.23. The largest absolute Gasteiger partial charge is 0.317 e. The van der Waals surface area contributed by atoms with Crippen LogP contribution in [0.4, 0.5) is 0 Å². The predicted molar refractivity (Wildman–Crippen MR) is 162 cm³/mol. The molecule has 0 spiro atoms. The van der Waals surface area contributed by atoms with Gasteiger partial charge < -0.3 is 16.0 Å². The summed E-state index contributed by atoms with van der Waals surface area (Å²) in [5, 5.41) is 10.9. The topological polar surface area (TPSA) is 36.1 Å². The second-order valence-corrected chi connectivity index (χ2v) is 10.0. The average Bonchev–Trinajstić information content (AvgIpc) is 2.96. The number of benzene rings is 4. The summed E-state index contributed by atoms with van der Waals surface area (Å²) < 4.78 is 0. The minimum absolute atomic E-state index is 0.934. The highest BCUT2D eigenvalue weighted by Gasteiger charge is 2.04. The predicted octanol–water partition coefficient (Wildman–Crippen LogP) is 6.51. The van der Waals surface area contributed by atoms with Crippen LogP contribution in [0.25, 0.3) is 0 Å². The van der Waals surface area contributed by atoms with E-state index in [1.807, 2.05) is 0 Å². The van der Waals surface area contributed by atoms with E-state index in [0.29, 0.717) is 0 Å². The second-order valence-electron chi connectivity index (χ2n) is 10.0. The molecule has 0 fully saturated rings. The van der Waals surface area contributed by atoms with Crippen molar-refractivity contribution in [3.8, 4) is 0 Å². The Bertz CT molecular complexity index is 1080. The van der Waals surface area contributed by atoms with Gasteiger partial charge in [-0.05, 0) is 91.7 Å². The molecule has 0 atom stereocenters. The fraction of sp³-hybridized carbons (Fsp3) is 0.314. The number of hydrogen-bond acceptors (Lipinski definition) is 3. The van der Waals surface area contributed by atoms with Crippen LogP contribution < -0.4 is 16.0 Å². The fourth-order valence-corrected chi connectivity index (χ4v) is 4.85. The Balaban J connectivity index is 1.02. The summed E-state index contributed by atoms with van der Waals surface area (Å²) >= 11 is 0. The maximum absolute atomic E-state index is 3.64. The molecular formula is C35H43N3. The number of hydrogen-bond donors (Lipinski definition) is 3. The van der Waals surface area contributed by atoms with Crippen LogP contribution in [0.15, 0.2) is 109 Å². The van der Waals surface area contributed by atoms with Crippen LogP contribution in [0.2, 0.25) is 0 Å². The summed E-state index contributed by atoms with van der Waals surface area (Å²) in [5.41, 5.74) is 8.38. The van der Waals surface area contributed by atoms with Crippen molar-refractivity contribution < 1.29 is 0 Å². The summed E-state index contributed by atoms with van der Waals surface area (Å²) in [4.78, 5) is 0. The van der Waals surface area contributed by atoms with Crippen LogP contribution in [-0.4, -0.2) is 26.2 Å². The van der Waals surface area contributed by atoms with Gasteiger partial charge in [-0.25, -0.2) is 0 Å². The van der Waals surface area contributed by atoms with Gasteiger partial charge in [0.25, 0.3) is 0 Å². The molecule has 0 aliphatic heterocycles. The summed E-state index contributed by atoms with van der Waals surface area (Å²) in [5.74, 6) is 0. The van der Waals surface area contributed by atoms with Gasteiger partial charge in [-0.2, -0.15) is 0 Å². The lowest BCUT2D eigenvalue weighted by atomic mass is 10.00. The van der Waals surface area contributed by atoms with E-state index in [2.05, 4.69) is 125 Å². The van der Waals surface area contributed by atoms with Crippen molar-refractivity contribution in [2.75, 3.05) is 26.2 Å². The van der Waals surface area contributed by atoms with Crippen molar-refractivity contribution in [3.05, 3.63) is 143 Å². The van der Waals surface area contributed by atoms with E-state index < -0.39 is 0 Å². The highest BCUT2D eigenvalue weighted by atomic mass is 14.9. The number of nitrogens with one attached hydrogen (secondary N) is 3. The van der Waals surface area contributed by atoms with Crippen LogP contribution >= 0.6 is 0 Å². The first-order valence-electron chi connectivity index (χ1n) is 14.2. The van der Waals surface area contributed by atoms with Gasteiger partial charge in [-0.15, -0.1) is 0 Å². The van der Waals surface area contributed by atoms with Crippen LogP contribution in [0.1, 0.15) is 52.6 Å². The molecule has 0 bridgehead atoms. The summed E-state index contributed by atoms with van der Waals surface area (Å²) in [7, 11) is 0. The van der Waals surface area contributed by atoms with Gasteiger partial charge >= 0.3 is 0 Å². The first-order chi connectivity index (χ1) is 18.9. The first-order valence-corrected chi connectivity index (χ1v) is 14.2. The van der Waals surface area contributed by atoms with Crippen molar-refractivity contribution in [1.82, 2.24) is 16.0 Å². The molecule has 0 radical (unpaired) electrons. The van der Waals surface area contributed by atoms with Crippen LogP contribution in [-0.2, 0) is 25.9 Å². The molecule has 3 nitrogen and oxygen atoms in total. The van der Waals surface area contributed by atoms with Gasteiger partial charge in [0.1, 0.15) is 0 Å². The van der Waals surface area contributed by atoms with E-state index in [4.69, 9.17) is 0 Å². The number of rotatable bonds is 17. The SMILES string of the molecule is c1ccc(Cc2ccccc2CNCCCCNCCCNCc2ccccc2Cc2ccccc2)cc1. The maximum atomic E-state index is 3.64. The van der Waals surface area contributed by atoms with Gasteiger partial charge in [0.15, 0.2) is 0 Å². The Kier molecular flexibility index (Phi) is 12.1. The third-order valence-electron chi connectivity index (χ3n) is 7.01. The molecule has 38 heavy (non-hydrogen) atoms. The molecule has 0 saturated heterocycles. The molecule has 4 aromatic carbocycles. The molecule has 198 valence electrons. The highest BCUT2D eigenvalue weighted by molar-refractivity contribution is 5.33. The monoisotopic (exact) mass is 505 g/mol. The zero-order chi connectivity index (χ0) is 26.1. The molecule has 0 heterocycles. The van der Waals surface area contributed by atoms with E-state index in [0.717, 1.165) is 58.5 Å². The maximum Gasteiger partial charge on any atom is 0.0208 e. The average molecular weight is 506 g/mol. The van der Waals surface area contributed by atoms with Crippen LogP contribution in [0, 0.1) is 0 Å². The molecule has 4 rings (SSSR count). The standard InChI is InChI=1S/C35H43N3/c1-3-14-30(15-4-1)26-32-18-7-9-20-34(32)28-37-23-12-11-22-36-24-13-25-38-29-35-21-10-8-19-33(35)27-31-16-5-2-6-17-31/h1-10,14-21,36-38H,11-13,22-29H2. The van der Waals surface area contributed by atoms with Crippen LogP contribution in [0.3, 0.4) is 0 Å². The Morgan fingerprint density at radius 1 is 0.342 bits per heavy atom. The second kappa shape index (κ2) is 16.6. The third-order valence-corrected chi connectivity index (χ3v) is 7.01. The van der Waals surface area contributed by atoms with E-state index >= 15 is 0 Å². The normalized spacial score (nSPS) is 11.1. The molecule has 3 heteroatoms. The number of unbranched alkanes of at least 4 members (excludes halogenated alkanes) is 1. The molecule has 4 aromatic rings. The van der Waals surface area contributed by atoms with E-state index in [-0.39, 0.29) is 0 Å². The molecule has 3 N–H and O–H groups in total. The van der Waals surface area contributed by atoms with Gasteiger partial charge in [-0.1, -0.05) is 109 Å². The van der Waals surface area contributed by atoms with Crippen molar-refractivity contribution in [2.24, 2.45) is 0 Å². The lowest BCUT2D eigenvalue weighted by molar-refractivity contribution is 0.558. The molecular weight excluding hydrogens is 462 g/mol. The van der Waals surface area contributed by atoms with Gasteiger partial charge in [0.2, 0.25) is 0 Å². The molecule has 0 saturated carbocycles. The minimum atomic E-state index is 0.934. The molecule has 0 aromatic heterocycles. The molecule has 0 aliphatic rings. The zero-order valence-corrected chi connectivity index (χ0v) is 22.7. The van der Waals surface area contributed by atoms with Crippen molar-refractivity contribution in [2.45, 2.75) is 45.2 Å². The fourth-order valence-electron chi connectivity index (χ4n) is 4.85. The summed E-state index contributed by atoms with van der Waals surface area (Å²) in [6.07, 6.45) is 5.55. The zero-order valence-electron chi connectivity index (χ0n) is 22.7. The van der Waals surface area contributed by atoms with Crippen molar-refractivity contribution in [3.63, 3.8) is 0 Å². The summed E-state index contributed by atoms with van der Waals surface area (Å²) in [6, 6.07) is 39.1. The quantitative estimate of drug-likeness (QED) is 0.143. The van der Waals surface area contributed by atoms with Crippen molar-refractivity contribution in [1.29, 1.82) is 0 Å².